The second-order valence-electron chi connectivity index (χ2n) is 15.6. The van der Waals surface area contributed by atoms with Gasteiger partial charge in [-0.3, -0.25) is 0 Å². The molecular weight excluding hydrogens is 641 g/mol. The van der Waals surface area contributed by atoms with E-state index in [9.17, 15) is 0 Å². The third-order valence-corrected chi connectivity index (χ3v) is 11.4. The van der Waals surface area contributed by atoms with Crippen LogP contribution < -0.4 is 9.80 Å². The van der Waals surface area contributed by atoms with Gasteiger partial charge in [0.2, 0.25) is 0 Å². The van der Waals surface area contributed by atoms with Crippen molar-refractivity contribution in [1.82, 2.24) is 0 Å². The molecule has 2 aliphatic rings. The third kappa shape index (κ3) is 6.31. The zero-order chi connectivity index (χ0) is 36.9. The Balaban J connectivity index is 1.36. The van der Waals surface area contributed by atoms with Crippen molar-refractivity contribution in [3.05, 3.63) is 178 Å². The van der Waals surface area contributed by atoms with Crippen molar-refractivity contribution < 1.29 is 0 Å². The molecule has 0 heterocycles. The van der Waals surface area contributed by atoms with Crippen LogP contribution in [-0.4, -0.2) is 5.54 Å². The van der Waals surface area contributed by atoms with Gasteiger partial charge in [-0.25, -0.2) is 0 Å². The first-order valence-electron chi connectivity index (χ1n) is 19.1. The van der Waals surface area contributed by atoms with Crippen molar-refractivity contribution >= 4 is 45.3 Å². The Hall–Kier alpha value is -5.60. The average Bonchev–Trinajstić information content (AvgIpc) is 3.16. The Kier molecular flexibility index (Phi) is 8.95. The minimum Gasteiger partial charge on any atom is -0.331 e. The largest absolute Gasteiger partial charge is 0.331 e. The van der Waals surface area contributed by atoms with Crippen molar-refractivity contribution in [2.75, 3.05) is 9.80 Å². The smallest absolute Gasteiger partial charge is 0.0643 e. The van der Waals surface area contributed by atoms with E-state index in [1.807, 2.05) is 0 Å². The normalized spacial score (nSPS) is 16.4. The van der Waals surface area contributed by atoms with E-state index >= 15 is 0 Å². The summed E-state index contributed by atoms with van der Waals surface area (Å²) >= 11 is 0. The molecule has 0 bridgehead atoms. The van der Waals surface area contributed by atoms with E-state index in [0.29, 0.717) is 0 Å². The van der Waals surface area contributed by atoms with Crippen LogP contribution in [0.2, 0.25) is 0 Å². The van der Waals surface area contributed by atoms with E-state index in [-0.39, 0.29) is 5.54 Å². The van der Waals surface area contributed by atoms with Crippen LogP contribution in [0, 0.1) is 34.6 Å². The van der Waals surface area contributed by atoms with Gasteiger partial charge in [0.15, 0.2) is 0 Å². The molecule has 6 aromatic rings. The summed E-state index contributed by atoms with van der Waals surface area (Å²) in [5.74, 6) is 0. The van der Waals surface area contributed by atoms with E-state index in [1.54, 1.807) is 0 Å². The minimum absolute atomic E-state index is 0.223. The maximum Gasteiger partial charge on any atom is 0.0643 e. The molecule has 0 N–H and O–H groups in total. The van der Waals surface area contributed by atoms with Crippen molar-refractivity contribution in [3.8, 4) is 11.1 Å². The summed E-state index contributed by atoms with van der Waals surface area (Å²) in [6.45, 7) is 15.7. The summed E-state index contributed by atoms with van der Waals surface area (Å²) in [4.78, 5) is 5.08. The molecule has 0 spiro atoms. The number of anilines is 5. The third-order valence-electron chi connectivity index (χ3n) is 11.4. The molecule has 264 valence electrons. The molecule has 2 nitrogen and oxygen atoms in total. The van der Waals surface area contributed by atoms with Crippen molar-refractivity contribution in [1.29, 1.82) is 0 Å². The van der Waals surface area contributed by atoms with Gasteiger partial charge in [-0.15, -0.1) is 0 Å². The number of benzene rings is 6. The standard InChI is InChI=1S/C51H50N2/c1-34-16-22-40(23-17-34)52(41-24-18-35(2)19-25-41)49-38(5)32-47(43-12-8-10-14-45(43)49)48-33-39(6)50(46-15-11-9-13-44(46)48)53(42-26-20-36(3)21-27-42)51(7)30-28-37(4)29-31-51/h8-9,11-13,15-30,32-33H,10,14,31H2,1-7H3. The van der Waals surface area contributed by atoms with E-state index in [2.05, 4.69) is 198 Å². The summed E-state index contributed by atoms with van der Waals surface area (Å²) in [6, 6.07) is 41.0. The highest BCUT2D eigenvalue weighted by Crippen LogP contribution is 2.49. The van der Waals surface area contributed by atoms with Gasteiger partial charge >= 0.3 is 0 Å². The second-order valence-corrected chi connectivity index (χ2v) is 15.6. The number of nitrogens with zero attached hydrogens (tertiary/aromatic N) is 2. The van der Waals surface area contributed by atoms with E-state index in [4.69, 9.17) is 0 Å². The van der Waals surface area contributed by atoms with Crippen LogP contribution in [0.25, 0.3) is 28.0 Å². The highest BCUT2D eigenvalue weighted by atomic mass is 15.2. The van der Waals surface area contributed by atoms with Gasteiger partial charge in [-0.1, -0.05) is 113 Å². The molecule has 2 heteroatoms. The number of hydrogen-bond donors (Lipinski definition) is 0. The van der Waals surface area contributed by atoms with Crippen LogP contribution in [0.3, 0.4) is 0 Å². The molecule has 1 unspecified atom stereocenters. The first kappa shape index (κ1) is 34.5. The minimum atomic E-state index is -0.223. The molecule has 53 heavy (non-hydrogen) atoms. The lowest BCUT2D eigenvalue weighted by Crippen LogP contribution is -2.42. The molecule has 0 aromatic heterocycles. The van der Waals surface area contributed by atoms with Gasteiger partial charge in [-0.2, -0.15) is 0 Å². The van der Waals surface area contributed by atoms with E-state index in [1.165, 1.54) is 94.9 Å². The Bertz CT molecular complexity index is 2380. The molecule has 0 fully saturated rings. The molecule has 0 saturated carbocycles. The van der Waals surface area contributed by atoms with Crippen molar-refractivity contribution in [3.63, 3.8) is 0 Å². The number of allylic oxidation sites excluding steroid dienone is 3. The molecule has 6 aromatic carbocycles. The fourth-order valence-electron chi connectivity index (χ4n) is 8.47. The lowest BCUT2D eigenvalue weighted by Gasteiger charge is -2.43. The van der Waals surface area contributed by atoms with Gasteiger partial charge in [-0.05, 0) is 155 Å². The maximum absolute atomic E-state index is 2.60. The van der Waals surface area contributed by atoms with Crippen LogP contribution >= 0.6 is 0 Å². The Morgan fingerprint density at radius 2 is 1.11 bits per heavy atom. The highest BCUT2D eigenvalue weighted by molar-refractivity contribution is 6.08. The van der Waals surface area contributed by atoms with Crippen LogP contribution in [0.5, 0.6) is 0 Å². The predicted octanol–water partition coefficient (Wildman–Crippen LogP) is 14.3. The second kappa shape index (κ2) is 13.7. The Labute approximate surface area is 316 Å². The van der Waals surface area contributed by atoms with Gasteiger partial charge < -0.3 is 9.80 Å². The Morgan fingerprint density at radius 1 is 0.566 bits per heavy atom. The molecular formula is C51H50N2. The first-order valence-corrected chi connectivity index (χ1v) is 19.1. The molecule has 0 radical (unpaired) electrons. The van der Waals surface area contributed by atoms with Crippen LogP contribution in [0.4, 0.5) is 28.4 Å². The van der Waals surface area contributed by atoms with Crippen molar-refractivity contribution in [2.45, 2.75) is 73.3 Å². The lowest BCUT2D eigenvalue weighted by molar-refractivity contribution is 0.567. The molecule has 2 aliphatic carbocycles. The summed E-state index contributed by atoms with van der Waals surface area (Å²) in [5, 5.41) is 2.56. The number of rotatable bonds is 7. The molecule has 0 amide bonds. The maximum atomic E-state index is 2.60. The van der Waals surface area contributed by atoms with E-state index < -0.39 is 0 Å². The summed E-state index contributed by atoms with van der Waals surface area (Å²) in [5.41, 5.74) is 18.9. The highest BCUT2D eigenvalue weighted by Gasteiger charge is 2.34. The first-order chi connectivity index (χ1) is 25.6. The fourth-order valence-corrected chi connectivity index (χ4v) is 8.47. The van der Waals surface area contributed by atoms with Gasteiger partial charge in [0, 0.05) is 22.4 Å². The van der Waals surface area contributed by atoms with Gasteiger partial charge in [0.25, 0.3) is 0 Å². The fraction of sp³-hybridized carbons (Fsp3) is 0.216. The molecule has 8 rings (SSSR count). The van der Waals surface area contributed by atoms with Crippen LogP contribution in [-0.2, 0) is 6.42 Å². The number of hydrogen-bond acceptors (Lipinski definition) is 2. The van der Waals surface area contributed by atoms with Gasteiger partial charge in [0.1, 0.15) is 0 Å². The Morgan fingerprint density at radius 3 is 1.70 bits per heavy atom. The SMILES string of the molecule is CC1=CCC(C)(N(c2ccc(C)cc2)c2c(C)cc(-c3cc(C)c(N(c4ccc(C)cc4)c4ccc(C)cc4)c4c3C=CCC4)c3ccccc23)C=C1. The van der Waals surface area contributed by atoms with E-state index in [0.717, 1.165) is 19.3 Å². The topological polar surface area (TPSA) is 6.48 Å². The predicted molar refractivity (Wildman–Crippen MR) is 230 cm³/mol. The summed E-state index contributed by atoms with van der Waals surface area (Å²) in [6.07, 6.45) is 14.8. The van der Waals surface area contributed by atoms with Gasteiger partial charge in [0.05, 0.1) is 16.9 Å². The quantitative estimate of drug-likeness (QED) is 0.165. The lowest BCUT2D eigenvalue weighted by atomic mass is 9.82. The zero-order valence-electron chi connectivity index (χ0n) is 32.3. The molecule has 1 atom stereocenters. The van der Waals surface area contributed by atoms with Crippen LogP contribution in [0.15, 0.2) is 139 Å². The summed E-state index contributed by atoms with van der Waals surface area (Å²) in [7, 11) is 0. The monoisotopic (exact) mass is 690 g/mol. The average molecular weight is 691 g/mol. The number of fused-ring (bicyclic) bond motifs is 2. The zero-order valence-corrected chi connectivity index (χ0v) is 32.3. The molecule has 0 aliphatic heterocycles. The van der Waals surface area contributed by atoms with Crippen molar-refractivity contribution in [2.24, 2.45) is 0 Å². The molecule has 0 saturated heterocycles. The van der Waals surface area contributed by atoms with Crippen LogP contribution in [0.1, 0.15) is 65.6 Å². The number of aryl methyl sites for hydroxylation is 5. The summed E-state index contributed by atoms with van der Waals surface area (Å²) < 4.78 is 0.